The van der Waals surface area contributed by atoms with Crippen molar-refractivity contribution >= 4 is 23.6 Å². The van der Waals surface area contributed by atoms with Gasteiger partial charge in [-0.1, -0.05) is 12.8 Å². The molecule has 1 saturated heterocycles. The van der Waals surface area contributed by atoms with Gasteiger partial charge in [0.2, 0.25) is 11.8 Å². The molecule has 4 nitrogen and oxygen atoms in total. The second-order valence-corrected chi connectivity index (χ2v) is 7.60. The molecule has 2 aliphatic carbocycles. The van der Waals surface area contributed by atoms with Crippen LogP contribution in [-0.2, 0) is 9.59 Å². The minimum Gasteiger partial charge on any atom is -0.340 e. The van der Waals surface area contributed by atoms with Gasteiger partial charge in [-0.2, -0.15) is 11.8 Å². The van der Waals surface area contributed by atoms with E-state index in [1.807, 2.05) is 11.8 Å². The highest BCUT2D eigenvalue weighted by atomic mass is 32.2. The lowest BCUT2D eigenvalue weighted by molar-refractivity contribution is -0.163. The van der Waals surface area contributed by atoms with Crippen LogP contribution in [0.3, 0.4) is 0 Å². The van der Waals surface area contributed by atoms with Crippen LogP contribution in [0.5, 0.6) is 0 Å². The third kappa shape index (κ3) is 1.97. The van der Waals surface area contributed by atoms with Crippen LogP contribution in [0, 0.1) is 5.92 Å². The lowest BCUT2D eigenvalue weighted by Crippen LogP contribution is -2.75. The number of carbonyl (C=O) groups excluding carboxylic acids is 2. The van der Waals surface area contributed by atoms with Gasteiger partial charge in [-0.3, -0.25) is 9.59 Å². The maximum Gasteiger partial charge on any atom is 0.249 e. The normalized spacial score (nSPS) is 32.8. The van der Waals surface area contributed by atoms with Gasteiger partial charge in [-0.15, -0.1) is 0 Å². The van der Waals surface area contributed by atoms with Gasteiger partial charge in [0.05, 0.1) is 0 Å². The Kier molecular flexibility index (Phi) is 3.51. The number of amides is 2. The van der Waals surface area contributed by atoms with E-state index in [0.29, 0.717) is 12.5 Å². The van der Waals surface area contributed by atoms with E-state index in [2.05, 4.69) is 11.6 Å². The lowest BCUT2D eigenvalue weighted by Gasteiger charge is -2.50. The molecule has 0 aromatic rings. The third-order valence-electron chi connectivity index (χ3n) is 5.35. The molecule has 20 heavy (non-hydrogen) atoms. The number of hydrogen-bond acceptors (Lipinski definition) is 3. The van der Waals surface area contributed by atoms with Gasteiger partial charge < -0.3 is 10.2 Å². The summed E-state index contributed by atoms with van der Waals surface area (Å²) in [6.07, 6.45) is 7.94. The number of carbonyl (C=O) groups is 2. The molecule has 3 fully saturated rings. The number of thioether (sulfide) groups is 1. The summed E-state index contributed by atoms with van der Waals surface area (Å²) in [6.45, 7) is 2.63. The Morgan fingerprint density at radius 3 is 2.50 bits per heavy atom. The standard InChI is InChI=1S/C15H24N2O2S/c1-14(11-5-6-11)13(19)17(9-10-20-2)15(12(18)16-14)7-3-4-8-15/h11H,3-10H2,1-2H3,(H,16,18). The quantitative estimate of drug-likeness (QED) is 0.860. The molecule has 2 amide bonds. The molecule has 3 aliphatic rings. The largest absolute Gasteiger partial charge is 0.340 e. The van der Waals surface area contributed by atoms with E-state index in [4.69, 9.17) is 0 Å². The highest BCUT2D eigenvalue weighted by Crippen LogP contribution is 2.47. The van der Waals surface area contributed by atoms with E-state index in [1.165, 1.54) is 0 Å². The smallest absolute Gasteiger partial charge is 0.249 e. The molecule has 1 spiro atoms. The van der Waals surface area contributed by atoms with Crippen molar-refractivity contribution in [3.63, 3.8) is 0 Å². The summed E-state index contributed by atoms with van der Waals surface area (Å²) in [4.78, 5) is 27.8. The zero-order chi connectivity index (χ0) is 14.4. The molecule has 2 saturated carbocycles. The molecule has 0 aromatic carbocycles. The minimum atomic E-state index is -0.649. The van der Waals surface area contributed by atoms with Gasteiger partial charge in [0.25, 0.3) is 0 Å². The molecule has 1 aliphatic heterocycles. The zero-order valence-corrected chi connectivity index (χ0v) is 13.2. The molecule has 5 heteroatoms. The Morgan fingerprint density at radius 2 is 1.95 bits per heavy atom. The Hall–Kier alpha value is -0.710. The first-order valence-corrected chi connectivity index (χ1v) is 9.07. The van der Waals surface area contributed by atoms with E-state index >= 15 is 0 Å². The first-order chi connectivity index (χ1) is 9.54. The van der Waals surface area contributed by atoms with Crippen molar-refractivity contribution in [1.29, 1.82) is 0 Å². The van der Waals surface area contributed by atoms with E-state index in [1.54, 1.807) is 11.8 Å². The molecule has 0 bridgehead atoms. The molecule has 1 N–H and O–H groups in total. The molecule has 1 unspecified atom stereocenters. The van der Waals surface area contributed by atoms with Crippen LogP contribution in [0.1, 0.15) is 45.4 Å². The van der Waals surface area contributed by atoms with Crippen molar-refractivity contribution in [2.24, 2.45) is 5.92 Å². The van der Waals surface area contributed by atoms with Gasteiger partial charge in [0.1, 0.15) is 11.1 Å². The van der Waals surface area contributed by atoms with Crippen LogP contribution in [-0.4, -0.2) is 46.3 Å². The first kappa shape index (κ1) is 14.2. The Labute approximate surface area is 125 Å². The average Bonchev–Trinajstić information content (AvgIpc) is 3.17. The first-order valence-electron chi connectivity index (χ1n) is 7.68. The highest BCUT2D eigenvalue weighted by molar-refractivity contribution is 7.98. The van der Waals surface area contributed by atoms with Crippen molar-refractivity contribution in [2.45, 2.75) is 56.5 Å². The molecule has 1 atom stereocenters. The topological polar surface area (TPSA) is 49.4 Å². The van der Waals surface area contributed by atoms with Crippen LogP contribution in [0.15, 0.2) is 0 Å². The second kappa shape index (κ2) is 4.93. The van der Waals surface area contributed by atoms with E-state index in [0.717, 1.165) is 44.3 Å². The number of piperazine rings is 1. The van der Waals surface area contributed by atoms with Crippen molar-refractivity contribution in [3.05, 3.63) is 0 Å². The number of nitrogens with zero attached hydrogens (tertiary/aromatic N) is 1. The van der Waals surface area contributed by atoms with Gasteiger partial charge >= 0.3 is 0 Å². The second-order valence-electron chi connectivity index (χ2n) is 6.62. The molecule has 0 radical (unpaired) electrons. The van der Waals surface area contributed by atoms with Crippen molar-refractivity contribution < 1.29 is 9.59 Å². The molecule has 3 rings (SSSR count). The Bertz CT molecular complexity index is 430. The Morgan fingerprint density at radius 1 is 1.30 bits per heavy atom. The third-order valence-corrected chi connectivity index (χ3v) is 5.94. The van der Waals surface area contributed by atoms with Gasteiger partial charge in [-0.05, 0) is 44.8 Å². The summed E-state index contributed by atoms with van der Waals surface area (Å²) in [7, 11) is 0. The molecular formula is C15H24N2O2S. The van der Waals surface area contributed by atoms with Gasteiger partial charge in [-0.25, -0.2) is 0 Å². The van der Waals surface area contributed by atoms with Gasteiger partial charge in [0.15, 0.2) is 0 Å². The van der Waals surface area contributed by atoms with Crippen molar-refractivity contribution in [2.75, 3.05) is 18.6 Å². The highest BCUT2D eigenvalue weighted by Gasteiger charge is 2.61. The monoisotopic (exact) mass is 296 g/mol. The zero-order valence-electron chi connectivity index (χ0n) is 12.4. The van der Waals surface area contributed by atoms with Gasteiger partial charge in [0, 0.05) is 12.3 Å². The van der Waals surface area contributed by atoms with Crippen LogP contribution in [0.2, 0.25) is 0 Å². The summed E-state index contributed by atoms with van der Waals surface area (Å²) in [5, 5.41) is 3.11. The maximum absolute atomic E-state index is 13.0. The predicted octanol–water partition coefficient (Wildman–Crippen LogP) is 1.79. The fourth-order valence-corrected chi connectivity index (χ4v) is 4.26. The lowest BCUT2D eigenvalue weighted by atomic mass is 9.82. The van der Waals surface area contributed by atoms with Crippen molar-refractivity contribution in [1.82, 2.24) is 10.2 Å². The van der Waals surface area contributed by atoms with Crippen LogP contribution < -0.4 is 5.32 Å². The summed E-state index contributed by atoms with van der Waals surface area (Å²) in [5.74, 6) is 1.51. The Balaban J connectivity index is 1.92. The molecular weight excluding hydrogens is 272 g/mol. The fraction of sp³-hybridized carbons (Fsp3) is 0.867. The van der Waals surface area contributed by atoms with Crippen LogP contribution in [0.4, 0.5) is 0 Å². The summed E-state index contributed by atoms with van der Waals surface area (Å²) in [5.41, 5.74) is -1.19. The predicted molar refractivity (Wildman–Crippen MR) is 80.6 cm³/mol. The van der Waals surface area contributed by atoms with E-state index in [-0.39, 0.29) is 11.8 Å². The van der Waals surface area contributed by atoms with E-state index in [9.17, 15) is 9.59 Å². The van der Waals surface area contributed by atoms with E-state index < -0.39 is 11.1 Å². The number of nitrogens with one attached hydrogen (secondary N) is 1. The molecule has 112 valence electrons. The van der Waals surface area contributed by atoms with Crippen LogP contribution in [0.25, 0.3) is 0 Å². The molecule has 1 heterocycles. The summed E-state index contributed by atoms with van der Waals surface area (Å²) >= 11 is 1.74. The molecule has 0 aromatic heterocycles. The number of hydrogen-bond donors (Lipinski definition) is 1. The average molecular weight is 296 g/mol. The maximum atomic E-state index is 13.0. The van der Waals surface area contributed by atoms with Crippen molar-refractivity contribution in [3.8, 4) is 0 Å². The fourth-order valence-electron chi connectivity index (χ4n) is 3.90. The van der Waals surface area contributed by atoms with Crippen LogP contribution >= 0.6 is 11.8 Å². The summed E-state index contributed by atoms with van der Waals surface area (Å²) in [6, 6.07) is 0. The SMILES string of the molecule is CSCCN1C(=O)C(C)(C2CC2)NC(=O)C12CCCC2. The minimum absolute atomic E-state index is 0.102. The summed E-state index contributed by atoms with van der Waals surface area (Å²) < 4.78 is 0. The number of rotatable bonds is 4.